The van der Waals surface area contributed by atoms with Crippen LogP contribution in [0.1, 0.15) is 32.3 Å². The maximum absolute atomic E-state index is 10.1. The Bertz CT molecular complexity index is 451. The van der Waals surface area contributed by atoms with E-state index in [0.717, 1.165) is 5.56 Å². The number of aliphatic hydroxyl groups is 1. The SMILES string of the molecule is CCOc1ccc(C(C#N)C(O)C(C)C)cc1OC. The van der Waals surface area contributed by atoms with Crippen molar-refractivity contribution in [3.8, 4) is 17.6 Å². The van der Waals surface area contributed by atoms with Gasteiger partial charge >= 0.3 is 0 Å². The monoisotopic (exact) mass is 263 g/mol. The minimum atomic E-state index is -0.701. The fourth-order valence-electron chi connectivity index (χ4n) is 1.89. The van der Waals surface area contributed by atoms with E-state index in [0.29, 0.717) is 18.1 Å². The lowest BCUT2D eigenvalue weighted by Crippen LogP contribution is -2.23. The maximum Gasteiger partial charge on any atom is 0.161 e. The molecule has 0 spiro atoms. The third-order valence-electron chi connectivity index (χ3n) is 3.01. The summed E-state index contributed by atoms with van der Waals surface area (Å²) in [6.45, 7) is 6.22. The topological polar surface area (TPSA) is 62.5 Å². The van der Waals surface area contributed by atoms with Gasteiger partial charge in [0.1, 0.15) is 0 Å². The Hall–Kier alpha value is -1.73. The average molecular weight is 263 g/mol. The molecule has 0 radical (unpaired) electrons. The highest BCUT2D eigenvalue weighted by Gasteiger charge is 2.24. The van der Waals surface area contributed by atoms with Crippen LogP contribution in [0.5, 0.6) is 11.5 Å². The van der Waals surface area contributed by atoms with E-state index in [2.05, 4.69) is 6.07 Å². The van der Waals surface area contributed by atoms with Gasteiger partial charge in [-0.2, -0.15) is 5.26 Å². The molecule has 4 nitrogen and oxygen atoms in total. The van der Waals surface area contributed by atoms with E-state index < -0.39 is 12.0 Å². The maximum atomic E-state index is 10.1. The quantitative estimate of drug-likeness (QED) is 0.857. The van der Waals surface area contributed by atoms with Crippen LogP contribution in [-0.2, 0) is 0 Å². The predicted octanol–water partition coefficient (Wildman–Crippen LogP) is 2.72. The zero-order chi connectivity index (χ0) is 14.4. The molecule has 0 heterocycles. The molecule has 104 valence electrons. The summed E-state index contributed by atoms with van der Waals surface area (Å²) in [5, 5.41) is 19.3. The third-order valence-corrected chi connectivity index (χ3v) is 3.01. The van der Waals surface area contributed by atoms with Gasteiger partial charge in [0, 0.05) is 0 Å². The van der Waals surface area contributed by atoms with Crippen molar-refractivity contribution in [2.75, 3.05) is 13.7 Å². The van der Waals surface area contributed by atoms with E-state index in [1.54, 1.807) is 25.3 Å². The lowest BCUT2D eigenvalue weighted by Gasteiger charge is -2.21. The molecule has 1 rings (SSSR count). The van der Waals surface area contributed by atoms with Gasteiger partial charge in [0.25, 0.3) is 0 Å². The highest BCUT2D eigenvalue weighted by molar-refractivity contribution is 5.45. The Morgan fingerprint density at radius 2 is 2.00 bits per heavy atom. The zero-order valence-corrected chi connectivity index (χ0v) is 11.9. The molecule has 2 atom stereocenters. The molecule has 2 unspecified atom stereocenters. The van der Waals surface area contributed by atoms with E-state index in [9.17, 15) is 10.4 Å². The zero-order valence-electron chi connectivity index (χ0n) is 11.9. The molecule has 1 aromatic carbocycles. The summed E-state index contributed by atoms with van der Waals surface area (Å²) in [5.74, 6) is 0.673. The third kappa shape index (κ3) is 3.62. The van der Waals surface area contributed by atoms with Crippen molar-refractivity contribution in [2.24, 2.45) is 5.92 Å². The van der Waals surface area contributed by atoms with Crippen LogP contribution in [0.15, 0.2) is 18.2 Å². The molecule has 0 fully saturated rings. The van der Waals surface area contributed by atoms with Crippen LogP contribution in [0, 0.1) is 17.2 Å². The first-order valence-corrected chi connectivity index (χ1v) is 6.43. The Labute approximate surface area is 114 Å². The Kier molecular flexibility index (Phi) is 5.65. The van der Waals surface area contributed by atoms with Crippen molar-refractivity contribution in [1.82, 2.24) is 0 Å². The summed E-state index contributed by atoms with van der Waals surface area (Å²) < 4.78 is 10.7. The summed E-state index contributed by atoms with van der Waals surface area (Å²) in [6, 6.07) is 7.48. The molecule has 0 aromatic heterocycles. The van der Waals surface area contributed by atoms with Gasteiger partial charge in [-0.15, -0.1) is 0 Å². The van der Waals surface area contributed by atoms with Crippen molar-refractivity contribution < 1.29 is 14.6 Å². The average Bonchev–Trinajstić information content (AvgIpc) is 2.41. The van der Waals surface area contributed by atoms with E-state index >= 15 is 0 Å². The van der Waals surface area contributed by atoms with E-state index in [1.165, 1.54) is 0 Å². The highest BCUT2D eigenvalue weighted by Crippen LogP contribution is 2.33. The van der Waals surface area contributed by atoms with Crippen molar-refractivity contribution in [2.45, 2.75) is 32.8 Å². The van der Waals surface area contributed by atoms with Gasteiger partial charge < -0.3 is 14.6 Å². The first-order valence-electron chi connectivity index (χ1n) is 6.43. The van der Waals surface area contributed by atoms with Crippen LogP contribution in [-0.4, -0.2) is 24.9 Å². The molecular weight excluding hydrogens is 242 g/mol. The first kappa shape index (κ1) is 15.3. The number of rotatable bonds is 6. The van der Waals surface area contributed by atoms with Gasteiger partial charge in [0.15, 0.2) is 11.5 Å². The number of hydrogen-bond donors (Lipinski definition) is 1. The van der Waals surface area contributed by atoms with Crippen LogP contribution in [0.2, 0.25) is 0 Å². The lowest BCUT2D eigenvalue weighted by atomic mass is 9.88. The summed E-state index contributed by atoms with van der Waals surface area (Å²) in [4.78, 5) is 0. The Morgan fingerprint density at radius 1 is 1.32 bits per heavy atom. The molecule has 0 aliphatic carbocycles. The second-order valence-corrected chi connectivity index (χ2v) is 4.68. The van der Waals surface area contributed by atoms with E-state index in [4.69, 9.17) is 9.47 Å². The van der Waals surface area contributed by atoms with E-state index in [1.807, 2.05) is 20.8 Å². The first-order chi connectivity index (χ1) is 9.04. The standard InChI is InChI=1S/C15H21NO3/c1-5-19-13-7-6-11(8-14(13)18-4)12(9-16)15(17)10(2)3/h6-8,10,12,15,17H,5H2,1-4H3. The number of nitriles is 1. The summed E-state index contributed by atoms with van der Waals surface area (Å²) in [7, 11) is 1.56. The summed E-state index contributed by atoms with van der Waals surface area (Å²) >= 11 is 0. The van der Waals surface area contributed by atoms with Crippen LogP contribution >= 0.6 is 0 Å². The number of aliphatic hydroxyl groups excluding tert-OH is 1. The molecule has 0 bridgehead atoms. The predicted molar refractivity (Wildman–Crippen MR) is 73.4 cm³/mol. The van der Waals surface area contributed by atoms with Crippen LogP contribution < -0.4 is 9.47 Å². The number of benzene rings is 1. The van der Waals surface area contributed by atoms with Gasteiger partial charge in [-0.1, -0.05) is 19.9 Å². The van der Waals surface area contributed by atoms with Crippen molar-refractivity contribution in [3.05, 3.63) is 23.8 Å². The van der Waals surface area contributed by atoms with E-state index in [-0.39, 0.29) is 5.92 Å². The van der Waals surface area contributed by atoms with Gasteiger partial charge in [0.05, 0.1) is 31.8 Å². The summed E-state index contributed by atoms with van der Waals surface area (Å²) in [6.07, 6.45) is -0.701. The molecule has 0 saturated carbocycles. The van der Waals surface area contributed by atoms with Gasteiger partial charge in [-0.3, -0.25) is 0 Å². The molecule has 0 amide bonds. The Morgan fingerprint density at radius 3 is 2.47 bits per heavy atom. The molecular formula is C15H21NO3. The fraction of sp³-hybridized carbons (Fsp3) is 0.533. The molecule has 0 aliphatic rings. The molecule has 1 N–H and O–H groups in total. The van der Waals surface area contributed by atoms with Gasteiger partial charge in [-0.25, -0.2) is 0 Å². The number of nitrogens with zero attached hydrogens (tertiary/aromatic N) is 1. The number of methoxy groups -OCH3 is 1. The van der Waals surface area contributed by atoms with Gasteiger partial charge in [-0.05, 0) is 30.5 Å². The van der Waals surface area contributed by atoms with Crippen LogP contribution in [0.25, 0.3) is 0 Å². The summed E-state index contributed by atoms with van der Waals surface area (Å²) in [5.41, 5.74) is 0.740. The second kappa shape index (κ2) is 7.01. The molecule has 1 aromatic rings. The normalized spacial score (nSPS) is 13.7. The largest absolute Gasteiger partial charge is 0.493 e. The molecule has 19 heavy (non-hydrogen) atoms. The lowest BCUT2D eigenvalue weighted by molar-refractivity contribution is 0.113. The minimum absolute atomic E-state index is 0.0159. The van der Waals surface area contributed by atoms with Crippen molar-refractivity contribution >= 4 is 0 Å². The molecule has 0 aliphatic heterocycles. The minimum Gasteiger partial charge on any atom is -0.493 e. The van der Waals surface area contributed by atoms with Crippen molar-refractivity contribution in [3.63, 3.8) is 0 Å². The number of hydrogen-bond acceptors (Lipinski definition) is 4. The highest BCUT2D eigenvalue weighted by atomic mass is 16.5. The fourth-order valence-corrected chi connectivity index (χ4v) is 1.89. The number of ether oxygens (including phenoxy) is 2. The van der Waals surface area contributed by atoms with Crippen LogP contribution in [0.4, 0.5) is 0 Å². The van der Waals surface area contributed by atoms with Crippen molar-refractivity contribution in [1.29, 1.82) is 5.26 Å². The van der Waals surface area contributed by atoms with Gasteiger partial charge in [0.2, 0.25) is 0 Å². The van der Waals surface area contributed by atoms with Crippen LogP contribution in [0.3, 0.4) is 0 Å². The smallest absolute Gasteiger partial charge is 0.161 e. The second-order valence-electron chi connectivity index (χ2n) is 4.68. The molecule has 0 saturated heterocycles. The Balaban J connectivity index is 3.10. The molecule has 4 heteroatoms.